The van der Waals surface area contributed by atoms with Crippen LogP contribution in [-0.4, -0.2) is 30.5 Å². The number of rotatable bonds is 5. The van der Waals surface area contributed by atoms with Gasteiger partial charge in [0.2, 0.25) is 5.88 Å². The lowest BCUT2D eigenvalue weighted by atomic mass is 10.1. The van der Waals surface area contributed by atoms with Crippen LogP contribution in [0.4, 0.5) is 29.3 Å². The molecule has 182 valence electrons. The standard InChI is InChI=1S/C24H18F3N7O2/c1-14-11-34(13-31-14)18-9-15(24(25,26)27)8-17(10-18)33-23(35)32-16-2-4-19(5-3-16)36-22-20-6-7-28-21(20)29-12-30-22/h2-13H,1H3,(H,28,29,30)(H2,32,33,35). The molecule has 5 rings (SSSR count). The van der Waals surface area contributed by atoms with Gasteiger partial charge in [-0.3, -0.25) is 0 Å². The molecule has 0 atom stereocenters. The van der Waals surface area contributed by atoms with E-state index in [1.54, 1.807) is 49.6 Å². The Labute approximate surface area is 202 Å². The number of hydrogen-bond donors (Lipinski definition) is 3. The second-order valence-electron chi connectivity index (χ2n) is 7.81. The number of carbonyl (C=O) groups excluding carboxylic acids is 1. The molecule has 9 nitrogen and oxygen atoms in total. The Hall–Kier alpha value is -4.87. The molecule has 0 spiro atoms. The van der Waals surface area contributed by atoms with Crippen molar-refractivity contribution in [2.75, 3.05) is 10.6 Å². The molecule has 0 bridgehead atoms. The largest absolute Gasteiger partial charge is 0.438 e. The first-order valence-corrected chi connectivity index (χ1v) is 10.6. The fourth-order valence-corrected chi connectivity index (χ4v) is 3.50. The zero-order chi connectivity index (χ0) is 25.3. The Balaban J connectivity index is 1.29. The van der Waals surface area contributed by atoms with Gasteiger partial charge in [0.05, 0.1) is 23.0 Å². The molecule has 0 saturated carbocycles. The molecule has 3 aromatic heterocycles. The molecule has 3 N–H and O–H groups in total. The van der Waals surface area contributed by atoms with E-state index in [1.165, 1.54) is 23.3 Å². The summed E-state index contributed by atoms with van der Waals surface area (Å²) in [6.45, 7) is 1.72. The van der Waals surface area contributed by atoms with Crippen LogP contribution >= 0.6 is 0 Å². The number of nitrogens with zero attached hydrogens (tertiary/aromatic N) is 4. The summed E-state index contributed by atoms with van der Waals surface area (Å²) in [4.78, 5) is 27.7. The number of nitrogens with one attached hydrogen (secondary N) is 3. The fourth-order valence-electron chi connectivity index (χ4n) is 3.50. The Bertz CT molecular complexity index is 1540. The van der Waals surface area contributed by atoms with Crippen LogP contribution in [-0.2, 0) is 6.18 Å². The van der Waals surface area contributed by atoms with E-state index in [0.717, 1.165) is 12.1 Å². The van der Waals surface area contributed by atoms with E-state index in [1.807, 2.05) is 0 Å². The average molecular weight is 493 g/mol. The second kappa shape index (κ2) is 9.06. The number of fused-ring (bicyclic) bond motifs is 1. The minimum Gasteiger partial charge on any atom is -0.438 e. The molecule has 2 amide bonds. The number of halogens is 3. The Morgan fingerprint density at radius 1 is 1.00 bits per heavy atom. The highest BCUT2D eigenvalue weighted by Crippen LogP contribution is 2.33. The van der Waals surface area contributed by atoms with Crippen LogP contribution in [0.5, 0.6) is 11.6 Å². The number of amides is 2. The van der Waals surface area contributed by atoms with Gasteiger partial charge in [0, 0.05) is 29.5 Å². The number of benzene rings is 2. The van der Waals surface area contributed by atoms with E-state index in [4.69, 9.17) is 4.74 Å². The highest BCUT2D eigenvalue weighted by molar-refractivity contribution is 6.00. The van der Waals surface area contributed by atoms with Gasteiger partial charge < -0.3 is 24.9 Å². The van der Waals surface area contributed by atoms with Crippen molar-refractivity contribution in [3.8, 4) is 17.3 Å². The Morgan fingerprint density at radius 3 is 2.50 bits per heavy atom. The lowest BCUT2D eigenvalue weighted by molar-refractivity contribution is -0.137. The zero-order valence-electron chi connectivity index (χ0n) is 18.7. The zero-order valence-corrected chi connectivity index (χ0v) is 18.7. The maximum absolute atomic E-state index is 13.4. The van der Waals surface area contributed by atoms with Crippen molar-refractivity contribution in [3.05, 3.63) is 84.8 Å². The summed E-state index contributed by atoms with van der Waals surface area (Å²) in [5.41, 5.74) is 0.975. The SMILES string of the molecule is Cc1cn(-c2cc(NC(=O)Nc3ccc(Oc4ncnc5[nH]ccc45)cc3)cc(C(F)(F)F)c2)cn1. The smallest absolute Gasteiger partial charge is 0.416 e. The molecule has 0 fully saturated rings. The number of alkyl halides is 3. The molecule has 0 unspecified atom stereocenters. The quantitative estimate of drug-likeness (QED) is 0.282. The normalized spacial score (nSPS) is 11.4. The summed E-state index contributed by atoms with van der Waals surface area (Å²) in [5, 5.41) is 5.76. The van der Waals surface area contributed by atoms with Gasteiger partial charge >= 0.3 is 12.2 Å². The molecule has 36 heavy (non-hydrogen) atoms. The lowest BCUT2D eigenvalue weighted by Gasteiger charge is -2.14. The minimum absolute atomic E-state index is 0.0251. The van der Waals surface area contributed by atoms with Gasteiger partial charge in [-0.2, -0.15) is 13.2 Å². The van der Waals surface area contributed by atoms with Crippen molar-refractivity contribution in [1.82, 2.24) is 24.5 Å². The van der Waals surface area contributed by atoms with Crippen LogP contribution in [0.15, 0.2) is 73.6 Å². The molecule has 0 aliphatic carbocycles. The number of aryl methyl sites for hydroxylation is 1. The summed E-state index contributed by atoms with van der Waals surface area (Å²) < 4.78 is 47.6. The summed E-state index contributed by atoms with van der Waals surface area (Å²) >= 11 is 0. The minimum atomic E-state index is -4.59. The average Bonchev–Trinajstić information content (AvgIpc) is 3.49. The number of imidazole rings is 1. The highest BCUT2D eigenvalue weighted by Gasteiger charge is 2.31. The summed E-state index contributed by atoms with van der Waals surface area (Å²) in [5.74, 6) is 0.841. The molecule has 12 heteroatoms. The van der Waals surface area contributed by atoms with Gasteiger partial charge in [-0.15, -0.1) is 0 Å². The Kier molecular flexibility index (Phi) is 5.76. The van der Waals surface area contributed by atoms with Gasteiger partial charge in [0.1, 0.15) is 17.7 Å². The maximum atomic E-state index is 13.4. The monoisotopic (exact) mass is 493 g/mol. The number of carbonyl (C=O) groups is 1. The lowest BCUT2D eigenvalue weighted by Crippen LogP contribution is -2.20. The predicted octanol–water partition coefficient (Wildman–Crippen LogP) is 5.91. The van der Waals surface area contributed by atoms with E-state index in [2.05, 4.69) is 30.6 Å². The molecule has 2 aromatic carbocycles. The van der Waals surface area contributed by atoms with E-state index >= 15 is 0 Å². The van der Waals surface area contributed by atoms with Gasteiger partial charge in [-0.25, -0.2) is 19.7 Å². The van der Waals surface area contributed by atoms with Crippen molar-refractivity contribution in [3.63, 3.8) is 0 Å². The topological polar surface area (TPSA) is 110 Å². The van der Waals surface area contributed by atoms with Crippen molar-refractivity contribution >= 4 is 28.4 Å². The molecule has 3 heterocycles. The molecule has 5 aromatic rings. The number of hydrogen-bond acceptors (Lipinski definition) is 5. The van der Waals surface area contributed by atoms with Crippen LogP contribution in [0.2, 0.25) is 0 Å². The van der Waals surface area contributed by atoms with Crippen LogP contribution < -0.4 is 15.4 Å². The molecule has 0 aliphatic rings. The summed E-state index contributed by atoms with van der Waals surface area (Å²) in [6, 6.07) is 10.8. The van der Waals surface area contributed by atoms with Crippen LogP contribution in [0.1, 0.15) is 11.3 Å². The van der Waals surface area contributed by atoms with Gasteiger partial charge in [-0.05, 0) is 55.5 Å². The van der Waals surface area contributed by atoms with Gasteiger partial charge in [0.15, 0.2) is 0 Å². The predicted molar refractivity (Wildman–Crippen MR) is 126 cm³/mol. The van der Waals surface area contributed by atoms with Crippen LogP contribution in [0, 0.1) is 6.92 Å². The summed E-state index contributed by atoms with van der Waals surface area (Å²) in [7, 11) is 0. The molecule has 0 radical (unpaired) electrons. The Morgan fingerprint density at radius 2 is 1.78 bits per heavy atom. The molecular formula is C24H18F3N7O2. The first kappa shape index (κ1) is 22.9. The molecule has 0 aliphatic heterocycles. The van der Waals surface area contributed by atoms with Crippen molar-refractivity contribution in [1.29, 1.82) is 0 Å². The van der Waals surface area contributed by atoms with E-state index < -0.39 is 17.8 Å². The maximum Gasteiger partial charge on any atom is 0.416 e. The number of anilines is 2. The van der Waals surface area contributed by atoms with Crippen LogP contribution in [0.25, 0.3) is 16.7 Å². The molecular weight excluding hydrogens is 475 g/mol. The third-order valence-corrected chi connectivity index (χ3v) is 5.16. The number of H-pyrrole nitrogens is 1. The van der Waals surface area contributed by atoms with E-state index in [-0.39, 0.29) is 11.4 Å². The van der Waals surface area contributed by atoms with Crippen molar-refractivity contribution < 1.29 is 22.7 Å². The van der Waals surface area contributed by atoms with Crippen molar-refractivity contribution in [2.45, 2.75) is 13.1 Å². The first-order valence-electron chi connectivity index (χ1n) is 10.6. The van der Waals surface area contributed by atoms with E-state index in [0.29, 0.717) is 34.0 Å². The van der Waals surface area contributed by atoms with E-state index in [9.17, 15) is 18.0 Å². The van der Waals surface area contributed by atoms with Crippen molar-refractivity contribution in [2.24, 2.45) is 0 Å². The number of ether oxygens (including phenoxy) is 1. The number of aromatic nitrogens is 5. The molecule has 0 saturated heterocycles. The van der Waals surface area contributed by atoms with Gasteiger partial charge in [0.25, 0.3) is 0 Å². The second-order valence-corrected chi connectivity index (χ2v) is 7.81. The number of aromatic amines is 1. The van der Waals surface area contributed by atoms with Gasteiger partial charge in [-0.1, -0.05) is 0 Å². The first-order chi connectivity index (χ1) is 17.2. The number of urea groups is 1. The summed E-state index contributed by atoms with van der Waals surface area (Å²) in [6.07, 6.45) is 1.50. The highest BCUT2D eigenvalue weighted by atomic mass is 19.4. The fraction of sp³-hybridized carbons (Fsp3) is 0.0833. The third-order valence-electron chi connectivity index (χ3n) is 5.16. The van der Waals surface area contributed by atoms with Crippen LogP contribution in [0.3, 0.4) is 0 Å². The third kappa shape index (κ3) is 4.97.